The quantitative estimate of drug-likeness (QED) is 0.868. The smallest absolute Gasteiger partial charge is 0.230 e. The van der Waals surface area contributed by atoms with Crippen molar-refractivity contribution in [1.29, 1.82) is 5.26 Å². The standard InChI is InChI=1S/C12H14N2OS/c1-9(14-12(15)8-16-2)11-5-3-10(7-13)4-6-11/h3-6,9H,8H2,1-2H3,(H,14,15). The van der Waals surface area contributed by atoms with Gasteiger partial charge in [0, 0.05) is 0 Å². The lowest BCUT2D eigenvalue weighted by molar-refractivity contribution is -0.119. The van der Waals surface area contributed by atoms with Crippen molar-refractivity contribution in [3.05, 3.63) is 35.4 Å². The minimum absolute atomic E-state index is 0.0209. The Morgan fingerprint density at radius 1 is 1.50 bits per heavy atom. The van der Waals surface area contributed by atoms with E-state index >= 15 is 0 Å². The molecular formula is C12H14N2OS. The van der Waals surface area contributed by atoms with Gasteiger partial charge in [-0.1, -0.05) is 12.1 Å². The molecule has 16 heavy (non-hydrogen) atoms. The summed E-state index contributed by atoms with van der Waals surface area (Å²) in [6, 6.07) is 9.28. The molecule has 1 amide bonds. The first-order valence-electron chi connectivity index (χ1n) is 4.95. The predicted molar refractivity (Wildman–Crippen MR) is 66.1 cm³/mol. The summed E-state index contributed by atoms with van der Waals surface area (Å²) in [5, 5.41) is 11.6. The minimum atomic E-state index is -0.0209. The zero-order chi connectivity index (χ0) is 12.0. The molecule has 1 aromatic rings. The Morgan fingerprint density at radius 3 is 2.62 bits per heavy atom. The third-order valence-electron chi connectivity index (χ3n) is 2.19. The molecule has 1 aromatic carbocycles. The van der Waals surface area contributed by atoms with Gasteiger partial charge in [0.25, 0.3) is 0 Å². The molecule has 0 bridgehead atoms. The molecule has 1 atom stereocenters. The predicted octanol–water partition coefficient (Wildman–Crippen LogP) is 2.10. The molecule has 0 aliphatic carbocycles. The molecule has 1 rings (SSSR count). The summed E-state index contributed by atoms with van der Waals surface area (Å²) in [6.45, 7) is 1.93. The van der Waals surface area contributed by atoms with Gasteiger partial charge in [-0.2, -0.15) is 17.0 Å². The largest absolute Gasteiger partial charge is 0.349 e. The number of amides is 1. The summed E-state index contributed by atoms with van der Waals surface area (Å²) in [7, 11) is 0. The molecule has 0 aromatic heterocycles. The fourth-order valence-electron chi connectivity index (χ4n) is 1.34. The number of nitrogens with one attached hydrogen (secondary N) is 1. The van der Waals surface area contributed by atoms with Crippen LogP contribution in [0.2, 0.25) is 0 Å². The minimum Gasteiger partial charge on any atom is -0.349 e. The van der Waals surface area contributed by atoms with E-state index in [4.69, 9.17) is 5.26 Å². The van der Waals surface area contributed by atoms with Crippen molar-refractivity contribution >= 4 is 17.7 Å². The number of hydrogen-bond donors (Lipinski definition) is 1. The van der Waals surface area contributed by atoms with Crippen LogP contribution in [0.5, 0.6) is 0 Å². The number of carbonyl (C=O) groups is 1. The Bertz CT molecular complexity index is 394. The number of carbonyl (C=O) groups excluding carboxylic acids is 1. The van der Waals surface area contributed by atoms with Gasteiger partial charge in [0.2, 0.25) is 5.91 Å². The molecule has 0 saturated heterocycles. The van der Waals surface area contributed by atoms with Crippen LogP contribution < -0.4 is 5.32 Å². The van der Waals surface area contributed by atoms with Gasteiger partial charge in [-0.15, -0.1) is 0 Å². The van der Waals surface area contributed by atoms with Crippen LogP contribution in [0.3, 0.4) is 0 Å². The lowest BCUT2D eigenvalue weighted by Gasteiger charge is -2.13. The zero-order valence-corrected chi connectivity index (χ0v) is 10.2. The van der Waals surface area contributed by atoms with Gasteiger partial charge < -0.3 is 5.32 Å². The van der Waals surface area contributed by atoms with Gasteiger partial charge >= 0.3 is 0 Å². The van der Waals surface area contributed by atoms with Gasteiger partial charge in [0.1, 0.15) is 0 Å². The number of nitrogens with zero attached hydrogens (tertiary/aromatic N) is 1. The molecule has 4 heteroatoms. The van der Waals surface area contributed by atoms with E-state index in [0.29, 0.717) is 11.3 Å². The maximum absolute atomic E-state index is 11.4. The van der Waals surface area contributed by atoms with Crippen LogP contribution >= 0.6 is 11.8 Å². The van der Waals surface area contributed by atoms with Crippen molar-refractivity contribution in [3.8, 4) is 6.07 Å². The monoisotopic (exact) mass is 234 g/mol. The highest BCUT2D eigenvalue weighted by molar-refractivity contribution is 7.99. The highest BCUT2D eigenvalue weighted by Gasteiger charge is 2.08. The van der Waals surface area contributed by atoms with Crippen molar-refractivity contribution in [2.75, 3.05) is 12.0 Å². The van der Waals surface area contributed by atoms with Gasteiger partial charge in [-0.3, -0.25) is 4.79 Å². The number of nitriles is 1. The van der Waals surface area contributed by atoms with Crippen molar-refractivity contribution < 1.29 is 4.79 Å². The molecule has 0 radical (unpaired) electrons. The van der Waals surface area contributed by atoms with Crippen LogP contribution in [0.15, 0.2) is 24.3 Å². The fourth-order valence-corrected chi connectivity index (χ4v) is 1.69. The Kier molecular flexibility index (Phi) is 4.87. The van der Waals surface area contributed by atoms with Crippen molar-refractivity contribution in [2.24, 2.45) is 0 Å². The summed E-state index contributed by atoms with van der Waals surface area (Å²) in [5.41, 5.74) is 1.64. The van der Waals surface area contributed by atoms with E-state index in [9.17, 15) is 4.79 Å². The molecule has 1 unspecified atom stereocenters. The van der Waals surface area contributed by atoms with Crippen LogP contribution in [0.1, 0.15) is 24.1 Å². The average molecular weight is 234 g/mol. The van der Waals surface area contributed by atoms with E-state index in [1.54, 1.807) is 12.1 Å². The summed E-state index contributed by atoms with van der Waals surface area (Å²) < 4.78 is 0. The number of hydrogen-bond acceptors (Lipinski definition) is 3. The highest BCUT2D eigenvalue weighted by Crippen LogP contribution is 2.13. The first-order chi connectivity index (χ1) is 7.67. The average Bonchev–Trinajstić information content (AvgIpc) is 2.29. The van der Waals surface area contributed by atoms with E-state index in [1.165, 1.54) is 11.8 Å². The topological polar surface area (TPSA) is 52.9 Å². The molecule has 0 aliphatic heterocycles. The number of benzene rings is 1. The molecule has 0 fully saturated rings. The van der Waals surface area contributed by atoms with E-state index in [2.05, 4.69) is 11.4 Å². The molecule has 84 valence electrons. The summed E-state index contributed by atoms with van der Waals surface area (Å²) >= 11 is 1.50. The molecule has 3 nitrogen and oxygen atoms in total. The third kappa shape index (κ3) is 3.59. The summed E-state index contributed by atoms with van der Waals surface area (Å²) in [5.74, 6) is 0.505. The molecule has 0 aliphatic rings. The Morgan fingerprint density at radius 2 is 2.12 bits per heavy atom. The normalized spacial score (nSPS) is 11.6. The second-order valence-electron chi connectivity index (χ2n) is 3.46. The summed E-state index contributed by atoms with van der Waals surface area (Å²) in [4.78, 5) is 11.4. The van der Waals surface area contributed by atoms with Crippen LogP contribution in [-0.2, 0) is 4.79 Å². The van der Waals surface area contributed by atoms with Crippen molar-refractivity contribution in [2.45, 2.75) is 13.0 Å². The van der Waals surface area contributed by atoms with Crippen LogP contribution in [-0.4, -0.2) is 17.9 Å². The molecular weight excluding hydrogens is 220 g/mol. The molecule has 1 N–H and O–H groups in total. The van der Waals surface area contributed by atoms with Crippen molar-refractivity contribution in [3.63, 3.8) is 0 Å². The number of thioether (sulfide) groups is 1. The first kappa shape index (κ1) is 12.6. The van der Waals surface area contributed by atoms with Crippen molar-refractivity contribution in [1.82, 2.24) is 5.32 Å². The van der Waals surface area contributed by atoms with Crippen LogP contribution in [0, 0.1) is 11.3 Å². The number of rotatable bonds is 4. The van der Waals surface area contributed by atoms with E-state index in [1.807, 2.05) is 25.3 Å². The molecule has 0 heterocycles. The fraction of sp³-hybridized carbons (Fsp3) is 0.333. The third-order valence-corrected chi connectivity index (χ3v) is 2.74. The summed E-state index contributed by atoms with van der Waals surface area (Å²) in [6.07, 6.45) is 1.89. The lowest BCUT2D eigenvalue weighted by Crippen LogP contribution is -2.28. The van der Waals surface area contributed by atoms with E-state index < -0.39 is 0 Å². The molecule has 0 saturated carbocycles. The Hall–Kier alpha value is -1.47. The van der Waals surface area contributed by atoms with Gasteiger partial charge in [0.15, 0.2) is 0 Å². The highest BCUT2D eigenvalue weighted by atomic mass is 32.2. The lowest BCUT2D eigenvalue weighted by atomic mass is 10.1. The van der Waals surface area contributed by atoms with Gasteiger partial charge in [0.05, 0.1) is 23.4 Å². The van der Waals surface area contributed by atoms with Crippen LogP contribution in [0.25, 0.3) is 0 Å². The van der Waals surface area contributed by atoms with Gasteiger partial charge in [-0.25, -0.2) is 0 Å². The second kappa shape index (κ2) is 6.19. The van der Waals surface area contributed by atoms with Crippen LogP contribution in [0.4, 0.5) is 0 Å². The van der Waals surface area contributed by atoms with Gasteiger partial charge in [-0.05, 0) is 30.9 Å². The Balaban J connectivity index is 2.63. The SMILES string of the molecule is CSCC(=O)NC(C)c1ccc(C#N)cc1. The Labute approximate surface area is 99.8 Å². The first-order valence-corrected chi connectivity index (χ1v) is 6.35. The molecule has 0 spiro atoms. The van der Waals surface area contributed by atoms with E-state index in [0.717, 1.165) is 5.56 Å². The second-order valence-corrected chi connectivity index (χ2v) is 4.32. The van der Waals surface area contributed by atoms with E-state index in [-0.39, 0.29) is 11.9 Å². The zero-order valence-electron chi connectivity index (χ0n) is 9.36. The maximum Gasteiger partial charge on any atom is 0.230 e. The maximum atomic E-state index is 11.4.